The van der Waals surface area contributed by atoms with Gasteiger partial charge in [-0.15, -0.1) is 0 Å². The summed E-state index contributed by atoms with van der Waals surface area (Å²) < 4.78 is 6.16. The minimum absolute atomic E-state index is 0.387. The van der Waals surface area contributed by atoms with Gasteiger partial charge in [0.2, 0.25) is 5.60 Å². The number of primary amides is 1. The molecule has 3 nitrogen and oxygen atoms in total. The van der Waals surface area contributed by atoms with E-state index in [1.165, 1.54) is 0 Å². The molecule has 1 aliphatic heterocycles. The van der Waals surface area contributed by atoms with E-state index in [4.69, 9.17) is 10.5 Å². The molecule has 0 fully saturated rings. The summed E-state index contributed by atoms with van der Waals surface area (Å²) in [5.74, 6) is -0.505. The van der Waals surface area contributed by atoms with Crippen LogP contribution in [-0.2, 0) is 15.1 Å². The molecule has 4 heteroatoms. The van der Waals surface area contributed by atoms with Crippen molar-refractivity contribution in [3.63, 3.8) is 0 Å². The molecule has 0 spiro atoms. The maximum atomic E-state index is 11.6. The Morgan fingerprint density at radius 1 is 1.40 bits per heavy atom. The van der Waals surface area contributed by atoms with Crippen molar-refractivity contribution in [2.75, 3.05) is 6.61 Å². The van der Waals surface area contributed by atoms with Gasteiger partial charge in [-0.05, 0) is 11.6 Å². The maximum absolute atomic E-state index is 11.6. The second-order valence-corrected chi connectivity index (χ2v) is 4.13. The monoisotopic (exact) mass is 267 g/mol. The van der Waals surface area contributed by atoms with Gasteiger partial charge in [-0.1, -0.05) is 46.3 Å². The van der Waals surface area contributed by atoms with Crippen LogP contribution in [0.1, 0.15) is 5.56 Å². The first-order valence-corrected chi connectivity index (χ1v) is 5.33. The first-order chi connectivity index (χ1) is 7.18. The number of benzene rings is 1. The fourth-order valence-electron chi connectivity index (χ4n) is 1.68. The smallest absolute Gasteiger partial charge is 0.259 e. The molecule has 15 heavy (non-hydrogen) atoms. The number of ether oxygens (including phenoxy) is 1. The molecule has 1 atom stereocenters. The maximum Gasteiger partial charge on any atom is 0.259 e. The Kier molecular flexibility index (Phi) is 2.63. The fraction of sp³-hybridized carbons (Fsp3) is 0.182. The van der Waals surface area contributed by atoms with Gasteiger partial charge in [0.1, 0.15) is 0 Å². The van der Waals surface area contributed by atoms with Gasteiger partial charge in [0.05, 0.1) is 6.61 Å². The highest BCUT2D eigenvalue weighted by Gasteiger charge is 2.45. The Bertz CT molecular complexity index is 416. The third-order valence-corrected chi connectivity index (χ3v) is 3.31. The Balaban J connectivity index is 2.55. The molecular formula is C11H10BrNO2. The van der Waals surface area contributed by atoms with Crippen molar-refractivity contribution >= 4 is 21.8 Å². The van der Waals surface area contributed by atoms with Crippen molar-refractivity contribution in [2.45, 2.75) is 5.60 Å². The van der Waals surface area contributed by atoms with Gasteiger partial charge in [0, 0.05) is 4.48 Å². The summed E-state index contributed by atoms with van der Waals surface area (Å²) in [6.07, 6.45) is 1.80. The number of amides is 1. The van der Waals surface area contributed by atoms with Crippen molar-refractivity contribution in [2.24, 2.45) is 5.73 Å². The first-order valence-electron chi connectivity index (χ1n) is 4.53. The quantitative estimate of drug-likeness (QED) is 0.887. The molecule has 2 rings (SSSR count). The van der Waals surface area contributed by atoms with Gasteiger partial charge < -0.3 is 10.5 Å². The number of hydrogen-bond donors (Lipinski definition) is 1. The van der Waals surface area contributed by atoms with Crippen molar-refractivity contribution < 1.29 is 9.53 Å². The molecule has 0 radical (unpaired) electrons. The fourth-order valence-corrected chi connectivity index (χ4v) is 2.35. The van der Waals surface area contributed by atoms with E-state index in [-0.39, 0.29) is 0 Å². The lowest BCUT2D eigenvalue weighted by atomic mass is 9.93. The number of hydrogen-bond acceptors (Lipinski definition) is 2. The summed E-state index contributed by atoms with van der Waals surface area (Å²) in [5.41, 5.74) is 5.03. The lowest BCUT2D eigenvalue weighted by Gasteiger charge is -2.26. The molecule has 1 aliphatic rings. The Morgan fingerprint density at radius 2 is 2.07 bits per heavy atom. The van der Waals surface area contributed by atoms with Gasteiger partial charge >= 0.3 is 0 Å². The summed E-state index contributed by atoms with van der Waals surface area (Å²) in [5, 5.41) is 0. The Labute approximate surface area is 96.0 Å². The minimum atomic E-state index is -1.14. The normalized spacial score (nSPS) is 25.0. The number of halogens is 1. The van der Waals surface area contributed by atoms with Crippen LogP contribution in [0.5, 0.6) is 0 Å². The second kappa shape index (κ2) is 3.79. The van der Waals surface area contributed by atoms with Crippen LogP contribution in [0.4, 0.5) is 0 Å². The number of rotatable bonds is 2. The van der Waals surface area contributed by atoms with Crippen LogP contribution in [0.25, 0.3) is 0 Å². The van der Waals surface area contributed by atoms with Crippen LogP contribution >= 0.6 is 15.9 Å². The molecule has 2 N–H and O–H groups in total. The predicted octanol–water partition coefficient (Wildman–Crippen LogP) is 1.68. The number of carbonyl (C=O) groups excluding carboxylic acids is 1. The molecule has 1 heterocycles. The molecule has 1 aromatic rings. The molecular weight excluding hydrogens is 258 g/mol. The van der Waals surface area contributed by atoms with E-state index in [0.717, 1.165) is 5.56 Å². The van der Waals surface area contributed by atoms with Crippen LogP contribution in [0.3, 0.4) is 0 Å². The van der Waals surface area contributed by atoms with Crippen LogP contribution in [0, 0.1) is 0 Å². The van der Waals surface area contributed by atoms with Crippen LogP contribution in [0.2, 0.25) is 0 Å². The SMILES string of the molecule is NC(=O)C1(c2ccccc2)OCC=C1Br. The highest BCUT2D eigenvalue weighted by atomic mass is 79.9. The lowest BCUT2D eigenvalue weighted by Crippen LogP contribution is -2.41. The zero-order valence-corrected chi connectivity index (χ0v) is 9.53. The van der Waals surface area contributed by atoms with Gasteiger partial charge in [-0.25, -0.2) is 0 Å². The van der Waals surface area contributed by atoms with Crippen molar-refractivity contribution in [3.8, 4) is 0 Å². The average molecular weight is 268 g/mol. The lowest BCUT2D eigenvalue weighted by molar-refractivity contribution is -0.135. The molecule has 78 valence electrons. The van der Waals surface area contributed by atoms with E-state index in [1.54, 1.807) is 6.08 Å². The molecule has 0 aliphatic carbocycles. The van der Waals surface area contributed by atoms with Crippen LogP contribution in [0.15, 0.2) is 40.9 Å². The number of carbonyl (C=O) groups is 1. The second-order valence-electron chi connectivity index (χ2n) is 3.27. The van der Waals surface area contributed by atoms with Crippen LogP contribution in [-0.4, -0.2) is 12.5 Å². The summed E-state index contributed by atoms with van der Waals surface area (Å²) in [7, 11) is 0. The van der Waals surface area contributed by atoms with Crippen LogP contribution < -0.4 is 5.73 Å². The molecule has 1 amide bonds. The standard InChI is InChI=1S/C11H10BrNO2/c12-9-6-7-15-11(9,10(13)14)8-4-2-1-3-5-8/h1-6H,7H2,(H2,13,14). The highest BCUT2D eigenvalue weighted by Crippen LogP contribution is 2.40. The van der Waals surface area contributed by atoms with E-state index < -0.39 is 11.5 Å². The average Bonchev–Trinajstić information content (AvgIpc) is 2.62. The highest BCUT2D eigenvalue weighted by molar-refractivity contribution is 9.11. The molecule has 0 bridgehead atoms. The predicted molar refractivity (Wildman–Crippen MR) is 60.3 cm³/mol. The molecule has 1 aromatic carbocycles. The summed E-state index contributed by atoms with van der Waals surface area (Å²) in [4.78, 5) is 11.6. The Hall–Kier alpha value is -1.13. The molecule has 0 saturated carbocycles. The summed E-state index contributed by atoms with van der Waals surface area (Å²) in [6.45, 7) is 0.387. The molecule has 0 aromatic heterocycles. The van der Waals surface area contributed by atoms with Gasteiger partial charge in [-0.2, -0.15) is 0 Å². The van der Waals surface area contributed by atoms with E-state index in [9.17, 15) is 4.79 Å². The summed E-state index contributed by atoms with van der Waals surface area (Å²) in [6, 6.07) is 9.23. The third-order valence-electron chi connectivity index (χ3n) is 2.43. The minimum Gasteiger partial charge on any atom is -0.367 e. The topological polar surface area (TPSA) is 52.3 Å². The summed E-state index contributed by atoms with van der Waals surface area (Å²) >= 11 is 3.33. The third kappa shape index (κ3) is 1.50. The van der Waals surface area contributed by atoms with Crippen molar-refractivity contribution in [1.82, 2.24) is 0 Å². The largest absolute Gasteiger partial charge is 0.367 e. The zero-order chi connectivity index (χ0) is 10.9. The van der Waals surface area contributed by atoms with Gasteiger partial charge in [0.25, 0.3) is 5.91 Å². The van der Waals surface area contributed by atoms with Crippen molar-refractivity contribution in [1.29, 1.82) is 0 Å². The Morgan fingerprint density at radius 3 is 2.53 bits per heavy atom. The van der Waals surface area contributed by atoms with Gasteiger partial charge in [0.15, 0.2) is 0 Å². The number of nitrogens with two attached hydrogens (primary N) is 1. The van der Waals surface area contributed by atoms with E-state index >= 15 is 0 Å². The van der Waals surface area contributed by atoms with Crippen molar-refractivity contribution in [3.05, 3.63) is 46.5 Å². The van der Waals surface area contributed by atoms with E-state index in [1.807, 2.05) is 30.3 Å². The van der Waals surface area contributed by atoms with E-state index in [0.29, 0.717) is 11.1 Å². The first kappa shape index (κ1) is 10.4. The van der Waals surface area contributed by atoms with E-state index in [2.05, 4.69) is 15.9 Å². The molecule has 1 unspecified atom stereocenters. The molecule has 0 saturated heterocycles. The zero-order valence-electron chi connectivity index (χ0n) is 7.94. The van der Waals surface area contributed by atoms with Gasteiger partial charge in [-0.3, -0.25) is 4.79 Å².